The first-order valence-corrected chi connectivity index (χ1v) is 8.29. The smallest absolute Gasteiger partial charge is 0.319 e. The van der Waals surface area contributed by atoms with Crippen LogP contribution in [0.5, 0.6) is 5.75 Å². The number of para-hydroxylation sites is 1. The molecule has 0 bridgehead atoms. The number of nitrogens with one attached hydrogen (secondary N) is 3. The summed E-state index contributed by atoms with van der Waals surface area (Å²) in [6, 6.07) is 13.9. The number of urea groups is 1. The minimum absolute atomic E-state index is 0.281. The van der Waals surface area contributed by atoms with Crippen LogP contribution in [0.4, 0.5) is 10.5 Å². The number of carbonyl (C=O) groups excluding carboxylic acids is 2. The topological polar surface area (TPSA) is 79.5 Å². The maximum absolute atomic E-state index is 13.0. The molecule has 3 rings (SSSR count). The second-order valence-corrected chi connectivity index (χ2v) is 6.14. The fourth-order valence-electron chi connectivity index (χ4n) is 3.05. The molecule has 26 heavy (non-hydrogen) atoms. The zero-order chi connectivity index (χ0) is 18.7. The van der Waals surface area contributed by atoms with Crippen molar-refractivity contribution in [1.82, 2.24) is 10.6 Å². The van der Waals surface area contributed by atoms with Crippen molar-refractivity contribution in [3.8, 4) is 5.75 Å². The van der Waals surface area contributed by atoms with E-state index in [1.54, 1.807) is 20.1 Å². The Morgan fingerprint density at radius 3 is 2.62 bits per heavy atom. The molecule has 3 N–H and O–H groups in total. The van der Waals surface area contributed by atoms with E-state index >= 15 is 0 Å². The van der Waals surface area contributed by atoms with Crippen LogP contribution >= 0.6 is 0 Å². The lowest BCUT2D eigenvalue weighted by Crippen LogP contribution is -2.46. The Hall–Kier alpha value is -3.28. The molecule has 3 amide bonds. The van der Waals surface area contributed by atoms with Gasteiger partial charge in [0, 0.05) is 16.9 Å². The average Bonchev–Trinajstić information content (AvgIpc) is 2.60. The number of hydrogen-bond donors (Lipinski definition) is 3. The van der Waals surface area contributed by atoms with Crippen molar-refractivity contribution in [1.29, 1.82) is 0 Å². The van der Waals surface area contributed by atoms with Crippen molar-refractivity contribution in [3.05, 3.63) is 70.9 Å². The van der Waals surface area contributed by atoms with E-state index in [1.807, 2.05) is 49.4 Å². The summed E-state index contributed by atoms with van der Waals surface area (Å²) in [4.78, 5) is 25.0. The molecule has 6 nitrogen and oxygen atoms in total. The van der Waals surface area contributed by atoms with Crippen molar-refractivity contribution in [2.45, 2.75) is 19.9 Å². The van der Waals surface area contributed by atoms with Crippen molar-refractivity contribution >= 4 is 17.6 Å². The van der Waals surface area contributed by atoms with Gasteiger partial charge in [-0.1, -0.05) is 30.3 Å². The van der Waals surface area contributed by atoms with E-state index in [4.69, 9.17) is 4.74 Å². The molecule has 0 aliphatic carbocycles. The van der Waals surface area contributed by atoms with Crippen molar-refractivity contribution in [3.63, 3.8) is 0 Å². The molecule has 2 aromatic rings. The van der Waals surface area contributed by atoms with E-state index in [0.717, 1.165) is 11.1 Å². The summed E-state index contributed by atoms with van der Waals surface area (Å²) in [5.74, 6) is 0.324. The number of aryl methyl sites for hydroxylation is 1. The summed E-state index contributed by atoms with van der Waals surface area (Å²) in [5.41, 5.74) is 3.42. The van der Waals surface area contributed by atoms with Gasteiger partial charge in [0.1, 0.15) is 5.75 Å². The van der Waals surface area contributed by atoms with Crippen molar-refractivity contribution in [2.24, 2.45) is 0 Å². The van der Waals surface area contributed by atoms with Crippen molar-refractivity contribution < 1.29 is 14.3 Å². The monoisotopic (exact) mass is 351 g/mol. The Bertz CT molecular complexity index is 889. The third kappa shape index (κ3) is 3.54. The van der Waals surface area contributed by atoms with Gasteiger partial charge in [-0.2, -0.15) is 0 Å². The zero-order valence-corrected chi connectivity index (χ0v) is 14.9. The fraction of sp³-hybridized carbons (Fsp3) is 0.200. The van der Waals surface area contributed by atoms with Crippen molar-refractivity contribution in [2.75, 3.05) is 12.4 Å². The van der Waals surface area contributed by atoms with Gasteiger partial charge >= 0.3 is 6.03 Å². The minimum Gasteiger partial charge on any atom is -0.496 e. The largest absolute Gasteiger partial charge is 0.496 e. The Balaban J connectivity index is 1.99. The lowest BCUT2D eigenvalue weighted by Gasteiger charge is -2.29. The molecular weight excluding hydrogens is 330 g/mol. The summed E-state index contributed by atoms with van der Waals surface area (Å²) < 4.78 is 5.41. The van der Waals surface area contributed by atoms with E-state index < -0.39 is 6.04 Å². The number of allylic oxidation sites excluding steroid dienone is 1. The number of hydrogen-bond acceptors (Lipinski definition) is 3. The van der Waals surface area contributed by atoms with Crippen LogP contribution in [0, 0.1) is 6.92 Å². The maximum Gasteiger partial charge on any atom is 0.319 e. The van der Waals surface area contributed by atoms with Gasteiger partial charge in [0.25, 0.3) is 5.91 Å². The molecule has 0 aromatic heterocycles. The number of anilines is 1. The van der Waals surface area contributed by atoms with Crippen LogP contribution in [-0.2, 0) is 4.79 Å². The van der Waals surface area contributed by atoms with E-state index in [1.165, 1.54) is 0 Å². The predicted molar refractivity (Wildman–Crippen MR) is 99.9 cm³/mol. The predicted octanol–water partition coefficient (Wildman–Crippen LogP) is 3.27. The van der Waals surface area contributed by atoms with E-state index in [9.17, 15) is 9.59 Å². The summed E-state index contributed by atoms with van der Waals surface area (Å²) >= 11 is 0. The lowest BCUT2D eigenvalue weighted by atomic mass is 9.94. The van der Waals surface area contributed by atoms with Crippen LogP contribution in [0.2, 0.25) is 0 Å². The molecule has 0 unspecified atom stereocenters. The minimum atomic E-state index is -0.607. The first-order chi connectivity index (χ1) is 12.5. The maximum atomic E-state index is 13.0. The fourth-order valence-corrected chi connectivity index (χ4v) is 3.05. The normalized spacial score (nSPS) is 16.6. The van der Waals surface area contributed by atoms with Crippen LogP contribution in [-0.4, -0.2) is 19.0 Å². The van der Waals surface area contributed by atoms with Gasteiger partial charge in [-0.05, 0) is 37.6 Å². The molecule has 1 aliphatic heterocycles. The van der Waals surface area contributed by atoms with Crippen LogP contribution in [0.25, 0.3) is 0 Å². The highest BCUT2D eigenvalue weighted by molar-refractivity contribution is 6.06. The second kappa shape index (κ2) is 7.31. The molecule has 1 atom stereocenters. The molecule has 2 aromatic carbocycles. The molecule has 0 radical (unpaired) electrons. The summed E-state index contributed by atoms with van der Waals surface area (Å²) in [5, 5.41) is 8.40. The van der Waals surface area contributed by atoms with Crippen LogP contribution in [0.3, 0.4) is 0 Å². The van der Waals surface area contributed by atoms with Gasteiger partial charge in [-0.3, -0.25) is 4.79 Å². The molecular formula is C20H21N3O3. The third-order valence-electron chi connectivity index (χ3n) is 4.24. The quantitative estimate of drug-likeness (QED) is 0.791. The SMILES string of the molecule is COc1ccccc1[C@@H]1NC(=O)NC(C)=C1C(=O)Nc1cccc(C)c1. The van der Waals surface area contributed by atoms with Gasteiger partial charge in [0.2, 0.25) is 0 Å². The first kappa shape index (κ1) is 17.5. The number of benzene rings is 2. The summed E-state index contributed by atoms with van der Waals surface area (Å²) in [6.45, 7) is 3.67. The number of amides is 3. The molecule has 6 heteroatoms. The highest BCUT2D eigenvalue weighted by atomic mass is 16.5. The van der Waals surface area contributed by atoms with Crippen LogP contribution in [0.15, 0.2) is 59.8 Å². The standard InChI is InChI=1S/C20H21N3O3/c1-12-7-6-8-14(11-12)22-19(24)17-13(2)21-20(25)23-18(17)15-9-4-5-10-16(15)26-3/h4-11,18H,1-3H3,(H,22,24)(H2,21,23,25)/t18-/m0/s1. The van der Waals surface area contributed by atoms with Gasteiger partial charge < -0.3 is 20.7 Å². The highest BCUT2D eigenvalue weighted by Crippen LogP contribution is 2.33. The molecule has 0 saturated heterocycles. The van der Waals surface area contributed by atoms with Crippen LogP contribution < -0.4 is 20.7 Å². The van der Waals surface area contributed by atoms with Gasteiger partial charge in [-0.15, -0.1) is 0 Å². The first-order valence-electron chi connectivity index (χ1n) is 8.29. The highest BCUT2D eigenvalue weighted by Gasteiger charge is 2.32. The molecule has 0 fully saturated rings. The molecule has 1 aliphatic rings. The van der Waals surface area contributed by atoms with Gasteiger partial charge in [-0.25, -0.2) is 4.79 Å². The van der Waals surface area contributed by atoms with Gasteiger partial charge in [0.05, 0.1) is 18.7 Å². The third-order valence-corrected chi connectivity index (χ3v) is 4.24. The molecule has 0 spiro atoms. The number of carbonyl (C=O) groups is 2. The Kier molecular flexibility index (Phi) is 4.93. The van der Waals surface area contributed by atoms with Crippen LogP contribution in [0.1, 0.15) is 24.1 Å². The molecule has 134 valence electrons. The Labute approximate surface area is 152 Å². The van der Waals surface area contributed by atoms with E-state index in [-0.39, 0.29) is 11.9 Å². The Morgan fingerprint density at radius 1 is 1.12 bits per heavy atom. The second-order valence-electron chi connectivity index (χ2n) is 6.14. The molecule has 1 heterocycles. The summed E-state index contributed by atoms with van der Waals surface area (Å²) in [7, 11) is 1.56. The van der Waals surface area contributed by atoms with E-state index in [2.05, 4.69) is 16.0 Å². The number of ether oxygens (including phenoxy) is 1. The van der Waals surface area contributed by atoms with Gasteiger partial charge in [0.15, 0.2) is 0 Å². The molecule has 0 saturated carbocycles. The lowest BCUT2D eigenvalue weighted by molar-refractivity contribution is -0.113. The Morgan fingerprint density at radius 2 is 1.88 bits per heavy atom. The van der Waals surface area contributed by atoms with E-state index in [0.29, 0.717) is 22.7 Å². The zero-order valence-electron chi connectivity index (χ0n) is 14.9. The number of methoxy groups -OCH3 is 1. The number of rotatable bonds is 4. The summed E-state index contributed by atoms with van der Waals surface area (Å²) in [6.07, 6.45) is 0. The average molecular weight is 351 g/mol.